The van der Waals surface area contributed by atoms with Gasteiger partial charge < -0.3 is 0 Å². The van der Waals surface area contributed by atoms with Gasteiger partial charge in [-0.15, -0.1) is 0 Å². The Morgan fingerprint density at radius 1 is 0.667 bits per heavy atom. The van der Waals surface area contributed by atoms with Crippen molar-refractivity contribution in [1.82, 2.24) is 0 Å². The van der Waals surface area contributed by atoms with Crippen molar-refractivity contribution in [3.8, 4) is 0 Å². The van der Waals surface area contributed by atoms with Crippen LogP contribution in [-0.4, -0.2) is 25.4 Å². The molecule has 0 aliphatic rings. The molecule has 0 unspecified atom stereocenters. The molecule has 0 N–H and O–H groups in total. The maximum atomic E-state index is 10.9. The second-order valence-corrected chi connectivity index (χ2v) is 4.02. The van der Waals surface area contributed by atoms with Gasteiger partial charge in [-0.25, -0.2) is 0 Å². The first kappa shape index (κ1) is 9.12. The summed E-state index contributed by atoms with van der Waals surface area (Å²) < 4.78 is 65.3. The third kappa shape index (κ3) is 8.12. The van der Waals surface area contributed by atoms with Crippen molar-refractivity contribution in [2.45, 2.75) is 10.0 Å². The minimum atomic E-state index is -5.02. The second kappa shape index (κ2) is 2.39. The van der Waals surface area contributed by atoms with Gasteiger partial charge in [-0.1, -0.05) is 0 Å². The Morgan fingerprint density at radius 3 is 0.889 bits per heavy atom. The zero-order chi connectivity index (χ0) is 7.71. The molecule has 0 aliphatic carbocycles. The molecule has 0 rings (SSSR count). The van der Waals surface area contributed by atoms with Crippen LogP contribution in [0.15, 0.2) is 0 Å². The maximum absolute atomic E-state index is 10.9. The van der Waals surface area contributed by atoms with E-state index in [2.05, 4.69) is 0 Å². The van der Waals surface area contributed by atoms with Crippen LogP contribution >= 0.6 is 0 Å². The average Bonchev–Trinajstić information content (AvgIpc) is 1.14. The molecule has 0 saturated carbocycles. The van der Waals surface area contributed by atoms with E-state index in [0.29, 0.717) is 0 Å². The van der Waals surface area contributed by atoms with Gasteiger partial charge in [0.25, 0.3) is 0 Å². The summed E-state index contributed by atoms with van der Waals surface area (Å²) in [6, 6.07) is 0. The van der Waals surface area contributed by atoms with E-state index in [1.807, 2.05) is 0 Å². The average molecular weight is 211 g/mol. The predicted octanol–water partition coefficient (Wildman–Crippen LogP) is 1.73. The Morgan fingerprint density at radius 2 is 0.889 bits per heavy atom. The standard InChI is InChI=1S/C2F6Ge/c3-1(4,5)9-2(6,7)8. The summed E-state index contributed by atoms with van der Waals surface area (Å²) in [5.41, 5.74) is 0. The fourth-order valence-electron chi connectivity index (χ4n) is 0.161. The van der Waals surface area contributed by atoms with Crippen molar-refractivity contribution in [1.29, 1.82) is 0 Å². The Hall–Kier alpha value is 0.123. The van der Waals surface area contributed by atoms with Gasteiger partial charge in [0, 0.05) is 0 Å². The number of rotatable bonds is 0. The van der Waals surface area contributed by atoms with E-state index in [1.165, 1.54) is 0 Å². The van der Waals surface area contributed by atoms with Crippen molar-refractivity contribution in [3.05, 3.63) is 0 Å². The minimum absolute atomic E-state index is 3.79. The van der Waals surface area contributed by atoms with Crippen molar-refractivity contribution < 1.29 is 26.3 Å². The zero-order valence-corrected chi connectivity index (χ0v) is 5.87. The van der Waals surface area contributed by atoms with Gasteiger partial charge in [-0.3, -0.25) is 0 Å². The van der Waals surface area contributed by atoms with Crippen LogP contribution in [0.25, 0.3) is 0 Å². The van der Waals surface area contributed by atoms with Crippen LogP contribution in [0.3, 0.4) is 0 Å². The van der Waals surface area contributed by atoms with Gasteiger partial charge >= 0.3 is 51.8 Å². The van der Waals surface area contributed by atoms with Crippen LogP contribution in [0.4, 0.5) is 26.3 Å². The number of alkyl halides is 6. The molecule has 0 saturated heterocycles. The van der Waals surface area contributed by atoms with E-state index in [9.17, 15) is 26.3 Å². The summed E-state index contributed by atoms with van der Waals surface area (Å²) in [5.74, 6) is 0. The molecule has 9 heavy (non-hydrogen) atoms. The van der Waals surface area contributed by atoms with Crippen molar-refractivity contribution in [2.24, 2.45) is 0 Å². The molecular weight excluding hydrogens is 211 g/mol. The topological polar surface area (TPSA) is 0 Å². The Kier molecular flexibility index (Phi) is 2.43. The van der Waals surface area contributed by atoms with Gasteiger partial charge in [-0.05, 0) is 0 Å². The SMILES string of the molecule is F[C](F)(F)[Ge][C](F)(F)F. The molecule has 0 atom stereocenters. The summed E-state index contributed by atoms with van der Waals surface area (Å²) in [7, 11) is 0. The summed E-state index contributed by atoms with van der Waals surface area (Å²) in [6.07, 6.45) is 0. The second-order valence-electron chi connectivity index (χ2n) is 1.12. The Bertz CT molecular complexity index is 76.2. The number of hydrogen-bond acceptors (Lipinski definition) is 0. The Labute approximate surface area is 52.7 Å². The van der Waals surface area contributed by atoms with E-state index >= 15 is 0 Å². The van der Waals surface area contributed by atoms with Crippen LogP contribution in [-0.2, 0) is 0 Å². The van der Waals surface area contributed by atoms with Gasteiger partial charge in [0.05, 0.1) is 0 Å². The molecule has 0 amide bonds. The summed E-state index contributed by atoms with van der Waals surface area (Å²) in [4.78, 5) is 0. The quantitative estimate of drug-likeness (QED) is 0.422. The first-order valence-electron chi connectivity index (χ1n) is 1.63. The van der Waals surface area contributed by atoms with Crippen molar-refractivity contribution >= 4 is 15.4 Å². The molecule has 0 nitrogen and oxygen atoms in total. The van der Waals surface area contributed by atoms with Crippen LogP contribution in [0.1, 0.15) is 0 Å². The zero-order valence-electron chi connectivity index (χ0n) is 3.77. The van der Waals surface area contributed by atoms with Crippen LogP contribution in [0, 0.1) is 0 Å². The molecular formula is C2F6Ge. The molecule has 54 valence electrons. The first-order valence-corrected chi connectivity index (χ1v) is 3.73. The number of halogens is 6. The van der Waals surface area contributed by atoms with Crippen LogP contribution in [0.2, 0.25) is 0 Å². The first-order chi connectivity index (χ1) is 3.71. The summed E-state index contributed by atoms with van der Waals surface area (Å²) in [6.45, 7) is 0. The van der Waals surface area contributed by atoms with E-state index < -0.39 is 25.4 Å². The van der Waals surface area contributed by atoms with Gasteiger partial charge in [0.2, 0.25) is 0 Å². The van der Waals surface area contributed by atoms with Crippen molar-refractivity contribution in [2.75, 3.05) is 0 Å². The van der Waals surface area contributed by atoms with Gasteiger partial charge in [0.1, 0.15) is 0 Å². The molecule has 0 aromatic heterocycles. The molecule has 7 heteroatoms. The van der Waals surface area contributed by atoms with E-state index in [0.717, 1.165) is 0 Å². The molecule has 0 aromatic carbocycles. The predicted molar refractivity (Wildman–Crippen MR) is 17.9 cm³/mol. The van der Waals surface area contributed by atoms with E-state index in [1.54, 1.807) is 0 Å². The monoisotopic (exact) mass is 212 g/mol. The third-order valence-corrected chi connectivity index (χ3v) is 1.47. The molecule has 0 heterocycles. The summed E-state index contributed by atoms with van der Waals surface area (Å²) in [5, 5.41) is -10.0. The fourth-order valence-corrected chi connectivity index (χ4v) is 0.835. The van der Waals surface area contributed by atoms with E-state index in [4.69, 9.17) is 0 Å². The molecule has 0 aliphatic heterocycles. The molecule has 0 fully saturated rings. The van der Waals surface area contributed by atoms with E-state index in [-0.39, 0.29) is 0 Å². The molecule has 0 aromatic rings. The van der Waals surface area contributed by atoms with Crippen LogP contribution in [0.5, 0.6) is 0 Å². The molecule has 0 spiro atoms. The summed E-state index contributed by atoms with van der Waals surface area (Å²) >= 11 is -3.79. The normalized spacial score (nSPS) is 14.0. The molecule has 0 bridgehead atoms. The Balaban J connectivity index is 3.75. The van der Waals surface area contributed by atoms with Crippen LogP contribution < -0.4 is 0 Å². The molecule has 2 radical (unpaired) electrons. The van der Waals surface area contributed by atoms with Gasteiger partial charge in [-0.2, -0.15) is 0 Å². The third-order valence-electron chi connectivity index (χ3n) is 0.283. The number of hydrogen-bond donors (Lipinski definition) is 0. The van der Waals surface area contributed by atoms with Crippen molar-refractivity contribution in [3.63, 3.8) is 0 Å². The van der Waals surface area contributed by atoms with Gasteiger partial charge in [0.15, 0.2) is 0 Å². The fraction of sp³-hybridized carbons (Fsp3) is 1.00.